The lowest BCUT2D eigenvalue weighted by molar-refractivity contribution is -0.189. The van der Waals surface area contributed by atoms with Crippen LogP contribution in [-0.2, 0) is 11.2 Å². The van der Waals surface area contributed by atoms with Gasteiger partial charge in [0, 0.05) is 12.2 Å². The zero-order chi connectivity index (χ0) is 17.9. The van der Waals surface area contributed by atoms with Gasteiger partial charge in [0.1, 0.15) is 0 Å². The molecule has 1 heterocycles. The first kappa shape index (κ1) is 17.5. The number of nitrogens with zero attached hydrogens (tertiary/aromatic N) is 2. The molecule has 1 fully saturated rings. The fraction of sp³-hybridized carbons (Fsp3) is 0.444. The quantitative estimate of drug-likeness (QED) is 0.914. The van der Waals surface area contributed by atoms with E-state index in [4.69, 9.17) is 0 Å². The van der Waals surface area contributed by atoms with Crippen molar-refractivity contribution in [3.63, 3.8) is 0 Å². The molecule has 1 aliphatic rings. The van der Waals surface area contributed by atoms with Crippen molar-refractivity contribution in [1.82, 2.24) is 15.1 Å². The molecule has 1 aliphatic carbocycles. The molecular formula is C18H20F3N3O. The monoisotopic (exact) mass is 351 g/mol. The molecule has 1 amide bonds. The molecule has 0 aliphatic heterocycles. The molecule has 1 saturated carbocycles. The fourth-order valence-electron chi connectivity index (χ4n) is 3.31. The third kappa shape index (κ3) is 4.41. The second-order valence-electron chi connectivity index (χ2n) is 6.41. The van der Waals surface area contributed by atoms with Gasteiger partial charge >= 0.3 is 6.18 Å². The summed E-state index contributed by atoms with van der Waals surface area (Å²) in [5, 5.41) is 6.77. The molecule has 1 aromatic carbocycles. The average Bonchev–Trinajstić information content (AvgIpc) is 3.03. The molecule has 0 saturated heterocycles. The summed E-state index contributed by atoms with van der Waals surface area (Å²) in [6.07, 6.45) is 0.764. The van der Waals surface area contributed by atoms with Crippen molar-refractivity contribution in [1.29, 1.82) is 0 Å². The van der Waals surface area contributed by atoms with E-state index >= 15 is 0 Å². The van der Waals surface area contributed by atoms with Gasteiger partial charge in [0.15, 0.2) is 0 Å². The number of rotatable bonds is 4. The lowest BCUT2D eigenvalue weighted by Gasteiger charge is -2.33. The van der Waals surface area contributed by atoms with Gasteiger partial charge in [0.05, 0.1) is 24.2 Å². The smallest absolute Gasteiger partial charge is 0.352 e. The summed E-state index contributed by atoms with van der Waals surface area (Å²) >= 11 is 0. The molecule has 1 N–H and O–H groups in total. The summed E-state index contributed by atoms with van der Waals surface area (Å²) in [5.41, 5.74) is 1.53. The number of hydrogen-bond acceptors (Lipinski definition) is 2. The van der Waals surface area contributed by atoms with Gasteiger partial charge in [-0.25, -0.2) is 4.68 Å². The summed E-state index contributed by atoms with van der Waals surface area (Å²) < 4.78 is 40.9. The van der Waals surface area contributed by atoms with Crippen molar-refractivity contribution in [2.75, 3.05) is 0 Å². The second-order valence-corrected chi connectivity index (χ2v) is 6.41. The number of para-hydroxylation sites is 1. The number of nitrogens with one attached hydrogen (secondary N) is 1. The van der Waals surface area contributed by atoms with Gasteiger partial charge in [-0.2, -0.15) is 18.3 Å². The Morgan fingerprint density at radius 2 is 1.92 bits per heavy atom. The summed E-state index contributed by atoms with van der Waals surface area (Å²) in [5.74, 6) is -1.84. The Labute approximate surface area is 144 Å². The van der Waals surface area contributed by atoms with Crippen LogP contribution in [-0.4, -0.2) is 27.9 Å². The first-order valence-corrected chi connectivity index (χ1v) is 8.38. The number of amides is 1. The number of halogens is 3. The van der Waals surface area contributed by atoms with Gasteiger partial charge in [-0.15, -0.1) is 0 Å². The van der Waals surface area contributed by atoms with Crippen molar-refractivity contribution in [3.05, 3.63) is 48.3 Å². The Hall–Kier alpha value is -2.31. The Morgan fingerprint density at radius 3 is 2.64 bits per heavy atom. The van der Waals surface area contributed by atoms with E-state index in [-0.39, 0.29) is 12.8 Å². The van der Waals surface area contributed by atoms with E-state index in [0.717, 1.165) is 5.69 Å². The second kappa shape index (κ2) is 7.29. The van der Waals surface area contributed by atoms with Crippen LogP contribution >= 0.6 is 0 Å². The third-order valence-electron chi connectivity index (χ3n) is 4.55. The standard InChI is InChI=1S/C18H20F3N3O/c19-18(20,21)15-8-4-5-9-16(15)23-17(25)10-13-11-22-24(12-13)14-6-2-1-3-7-14/h1-3,6-7,11-12,15-16H,4-5,8-10H2,(H,23,25)/t15-,16-/m0/s1. The Morgan fingerprint density at radius 1 is 1.20 bits per heavy atom. The van der Waals surface area contributed by atoms with Crippen LogP contribution in [0, 0.1) is 5.92 Å². The topological polar surface area (TPSA) is 46.9 Å². The molecule has 0 radical (unpaired) electrons. The highest BCUT2D eigenvalue weighted by Gasteiger charge is 2.45. The highest BCUT2D eigenvalue weighted by molar-refractivity contribution is 5.78. The van der Waals surface area contributed by atoms with Crippen molar-refractivity contribution in [2.45, 2.75) is 44.3 Å². The van der Waals surface area contributed by atoms with E-state index in [1.54, 1.807) is 17.1 Å². The maximum Gasteiger partial charge on any atom is 0.393 e. The molecule has 0 spiro atoms. The maximum absolute atomic E-state index is 13.1. The first-order valence-electron chi connectivity index (χ1n) is 8.38. The minimum Gasteiger partial charge on any atom is -0.352 e. The maximum atomic E-state index is 13.1. The molecule has 4 nitrogen and oxygen atoms in total. The van der Waals surface area contributed by atoms with Crippen molar-refractivity contribution in [3.8, 4) is 5.69 Å². The van der Waals surface area contributed by atoms with Gasteiger partial charge in [0.25, 0.3) is 0 Å². The molecule has 134 valence electrons. The van der Waals surface area contributed by atoms with Crippen LogP contribution in [0.3, 0.4) is 0 Å². The van der Waals surface area contributed by atoms with Crippen molar-refractivity contribution >= 4 is 5.91 Å². The number of benzene rings is 1. The van der Waals surface area contributed by atoms with E-state index in [0.29, 0.717) is 24.8 Å². The highest BCUT2D eigenvalue weighted by Crippen LogP contribution is 2.37. The Balaban J connectivity index is 1.62. The minimum absolute atomic E-state index is 0.0217. The molecule has 7 heteroatoms. The number of carbonyl (C=O) groups is 1. The normalized spacial score (nSPS) is 21.1. The predicted octanol–water partition coefficient (Wildman–Crippen LogP) is 3.65. The lowest BCUT2D eigenvalue weighted by Crippen LogP contribution is -2.48. The minimum atomic E-state index is -4.27. The number of carbonyl (C=O) groups excluding carboxylic acids is 1. The van der Waals surface area contributed by atoms with Crippen molar-refractivity contribution in [2.24, 2.45) is 5.92 Å². The van der Waals surface area contributed by atoms with E-state index < -0.39 is 24.0 Å². The van der Waals surface area contributed by atoms with Gasteiger partial charge < -0.3 is 5.32 Å². The van der Waals surface area contributed by atoms with Crippen LogP contribution in [0.1, 0.15) is 31.2 Å². The fourth-order valence-corrected chi connectivity index (χ4v) is 3.31. The van der Waals surface area contributed by atoms with E-state index in [1.165, 1.54) is 0 Å². The summed E-state index contributed by atoms with van der Waals surface area (Å²) in [6.45, 7) is 0. The highest BCUT2D eigenvalue weighted by atomic mass is 19.4. The van der Waals surface area contributed by atoms with Crippen molar-refractivity contribution < 1.29 is 18.0 Å². The molecule has 0 bridgehead atoms. The zero-order valence-corrected chi connectivity index (χ0v) is 13.7. The molecular weight excluding hydrogens is 331 g/mol. The van der Waals surface area contributed by atoms with Gasteiger partial charge in [-0.1, -0.05) is 31.0 Å². The van der Waals surface area contributed by atoms with Gasteiger partial charge in [0.2, 0.25) is 5.91 Å². The summed E-state index contributed by atoms with van der Waals surface area (Å²) in [7, 11) is 0. The molecule has 2 aromatic rings. The van der Waals surface area contributed by atoms with E-state index in [2.05, 4.69) is 10.4 Å². The number of alkyl halides is 3. The Kier molecular flexibility index (Phi) is 5.11. The predicted molar refractivity (Wildman–Crippen MR) is 87.2 cm³/mol. The van der Waals surface area contributed by atoms with Crippen LogP contribution in [0.5, 0.6) is 0 Å². The molecule has 2 atom stereocenters. The molecule has 1 aromatic heterocycles. The van der Waals surface area contributed by atoms with Crippen LogP contribution < -0.4 is 5.32 Å². The van der Waals surface area contributed by atoms with E-state index in [1.807, 2.05) is 30.3 Å². The van der Waals surface area contributed by atoms with Crippen LogP contribution in [0.4, 0.5) is 13.2 Å². The zero-order valence-electron chi connectivity index (χ0n) is 13.7. The largest absolute Gasteiger partial charge is 0.393 e. The first-order chi connectivity index (χ1) is 11.9. The van der Waals surface area contributed by atoms with Gasteiger partial charge in [-0.05, 0) is 30.5 Å². The van der Waals surface area contributed by atoms with Crippen LogP contribution in [0.25, 0.3) is 5.69 Å². The third-order valence-corrected chi connectivity index (χ3v) is 4.55. The molecule has 25 heavy (non-hydrogen) atoms. The van der Waals surface area contributed by atoms with E-state index in [9.17, 15) is 18.0 Å². The number of hydrogen-bond donors (Lipinski definition) is 1. The molecule has 0 unspecified atom stereocenters. The van der Waals surface area contributed by atoms with Gasteiger partial charge in [-0.3, -0.25) is 4.79 Å². The molecule has 3 rings (SSSR count). The average molecular weight is 351 g/mol. The number of aromatic nitrogens is 2. The summed E-state index contributed by atoms with van der Waals surface area (Å²) in [4.78, 5) is 12.2. The van der Waals surface area contributed by atoms with Crippen LogP contribution in [0.15, 0.2) is 42.7 Å². The lowest BCUT2D eigenvalue weighted by atomic mass is 9.84. The van der Waals surface area contributed by atoms with Crippen LogP contribution in [0.2, 0.25) is 0 Å². The Bertz CT molecular complexity index is 712. The SMILES string of the molecule is O=C(Cc1cnn(-c2ccccc2)c1)N[C@H]1CCCC[C@@H]1C(F)(F)F. The summed E-state index contributed by atoms with van der Waals surface area (Å²) in [6, 6.07) is 8.58.